The lowest BCUT2D eigenvalue weighted by atomic mass is 10.1. The van der Waals surface area contributed by atoms with Crippen LogP contribution < -0.4 is 10.9 Å². The van der Waals surface area contributed by atoms with E-state index in [0.717, 1.165) is 5.69 Å². The fraction of sp³-hybridized carbons (Fsp3) is 0.500. The Bertz CT molecular complexity index is 939. The van der Waals surface area contributed by atoms with Gasteiger partial charge >= 0.3 is 0 Å². The van der Waals surface area contributed by atoms with Gasteiger partial charge in [-0.1, -0.05) is 0 Å². The smallest absolute Gasteiger partial charge is 0.263 e. The molecule has 3 aromatic heterocycles. The van der Waals surface area contributed by atoms with Crippen molar-refractivity contribution in [2.45, 2.75) is 51.6 Å². The van der Waals surface area contributed by atoms with Gasteiger partial charge < -0.3 is 5.32 Å². The van der Waals surface area contributed by atoms with E-state index in [1.165, 1.54) is 18.4 Å². The second kappa shape index (κ2) is 5.19. The number of nitrogens with zero attached hydrogens (tertiary/aromatic N) is 4. The number of anilines is 1. The number of nitrogens with one attached hydrogen (secondary N) is 3. The molecule has 0 aromatic carbocycles. The van der Waals surface area contributed by atoms with E-state index in [9.17, 15) is 4.79 Å². The monoisotopic (exact) mass is 327 g/mol. The van der Waals surface area contributed by atoms with E-state index in [1.54, 1.807) is 10.9 Å². The standard InChI is InChI=1S/C16H21N7O/c1-16(2,3)23-13-11(7-19-23)14(24)21-15(20-13)17-8-12-10(6-18-22-12)9-4-5-9/h6-7,9H,4-5,8H2,1-3H3,(H,18,22)(H2,17,20,21,24). The lowest BCUT2D eigenvalue weighted by Gasteiger charge is -2.19. The molecule has 8 heteroatoms. The summed E-state index contributed by atoms with van der Waals surface area (Å²) < 4.78 is 1.77. The summed E-state index contributed by atoms with van der Waals surface area (Å²) in [6, 6.07) is 0. The molecule has 1 saturated carbocycles. The Labute approximate surface area is 138 Å². The lowest BCUT2D eigenvalue weighted by Crippen LogP contribution is -2.24. The first-order valence-electron chi connectivity index (χ1n) is 8.18. The summed E-state index contributed by atoms with van der Waals surface area (Å²) in [6.45, 7) is 6.63. The van der Waals surface area contributed by atoms with Gasteiger partial charge in [-0.25, -0.2) is 4.68 Å². The second-order valence-electron chi connectivity index (χ2n) is 7.31. The zero-order valence-electron chi connectivity index (χ0n) is 14.1. The maximum atomic E-state index is 12.3. The van der Waals surface area contributed by atoms with Gasteiger partial charge in [0, 0.05) is 0 Å². The fourth-order valence-corrected chi connectivity index (χ4v) is 2.88. The third-order valence-corrected chi connectivity index (χ3v) is 4.27. The van der Waals surface area contributed by atoms with Crippen molar-refractivity contribution in [2.75, 3.05) is 5.32 Å². The molecule has 126 valence electrons. The van der Waals surface area contributed by atoms with Crippen LogP contribution in [0.1, 0.15) is 50.8 Å². The number of hydrogen-bond acceptors (Lipinski definition) is 5. The van der Waals surface area contributed by atoms with Crippen LogP contribution in [0.4, 0.5) is 5.95 Å². The molecule has 1 fully saturated rings. The predicted molar refractivity (Wildman–Crippen MR) is 91.0 cm³/mol. The van der Waals surface area contributed by atoms with E-state index >= 15 is 0 Å². The van der Waals surface area contributed by atoms with Crippen LogP contribution >= 0.6 is 0 Å². The van der Waals surface area contributed by atoms with Gasteiger partial charge in [-0.2, -0.15) is 15.2 Å². The molecule has 0 aliphatic heterocycles. The first-order valence-corrected chi connectivity index (χ1v) is 8.18. The average molecular weight is 327 g/mol. The normalized spacial score (nSPS) is 15.1. The van der Waals surface area contributed by atoms with E-state index in [1.807, 2.05) is 27.0 Å². The van der Waals surface area contributed by atoms with Crippen LogP contribution in [0.2, 0.25) is 0 Å². The highest BCUT2D eigenvalue weighted by Gasteiger charge is 2.27. The Hall–Kier alpha value is -2.64. The SMILES string of the molecule is CC(C)(C)n1ncc2c(=O)[nH]c(NCc3[nH]ncc3C3CC3)nc21. The van der Waals surface area contributed by atoms with Gasteiger partial charge in [0.2, 0.25) is 5.95 Å². The molecule has 0 unspecified atom stereocenters. The molecule has 0 saturated heterocycles. The summed E-state index contributed by atoms with van der Waals surface area (Å²) in [6.07, 6.45) is 5.90. The van der Waals surface area contributed by atoms with Crippen molar-refractivity contribution in [3.05, 3.63) is 34.0 Å². The van der Waals surface area contributed by atoms with Crippen molar-refractivity contribution in [1.82, 2.24) is 29.9 Å². The summed E-state index contributed by atoms with van der Waals surface area (Å²) in [4.78, 5) is 19.6. The van der Waals surface area contributed by atoms with Crippen LogP contribution in [-0.2, 0) is 12.1 Å². The zero-order valence-corrected chi connectivity index (χ0v) is 14.1. The number of fused-ring (bicyclic) bond motifs is 1. The molecule has 3 heterocycles. The van der Waals surface area contributed by atoms with Gasteiger partial charge in [0.15, 0.2) is 5.65 Å². The maximum absolute atomic E-state index is 12.3. The van der Waals surface area contributed by atoms with Crippen LogP contribution in [0.25, 0.3) is 11.0 Å². The Morgan fingerprint density at radius 2 is 2.12 bits per heavy atom. The summed E-state index contributed by atoms with van der Waals surface area (Å²) in [5, 5.41) is 15.2. The minimum Gasteiger partial charge on any atom is -0.350 e. The topological polar surface area (TPSA) is 104 Å². The zero-order chi connectivity index (χ0) is 16.9. The largest absolute Gasteiger partial charge is 0.350 e. The van der Waals surface area contributed by atoms with Crippen molar-refractivity contribution in [1.29, 1.82) is 0 Å². The van der Waals surface area contributed by atoms with Crippen molar-refractivity contribution in [3.63, 3.8) is 0 Å². The molecule has 0 amide bonds. The molecule has 0 spiro atoms. The quantitative estimate of drug-likeness (QED) is 0.680. The van der Waals surface area contributed by atoms with Gasteiger partial charge in [-0.15, -0.1) is 0 Å². The second-order valence-corrected chi connectivity index (χ2v) is 7.31. The molecule has 0 bridgehead atoms. The van der Waals surface area contributed by atoms with Gasteiger partial charge in [-0.05, 0) is 45.1 Å². The fourth-order valence-electron chi connectivity index (χ4n) is 2.88. The van der Waals surface area contributed by atoms with E-state index in [-0.39, 0.29) is 11.1 Å². The van der Waals surface area contributed by atoms with Crippen molar-refractivity contribution in [3.8, 4) is 0 Å². The van der Waals surface area contributed by atoms with E-state index in [2.05, 4.69) is 30.6 Å². The Balaban J connectivity index is 1.64. The van der Waals surface area contributed by atoms with Crippen molar-refractivity contribution < 1.29 is 0 Å². The molecule has 4 rings (SSSR count). The first-order chi connectivity index (χ1) is 11.4. The molecule has 0 atom stereocenters. The number of hydrogen-bond donors (Lipinski definition) is 3. The third-order valence-electron chi connectivity index (χ3n) is 4.27. The molecule has 3 aromatic rings. The first kappa shape index (κ1) is 14.9. The summed E-state index contributed by atoms with van der Waals surface area (Å²) in [7, 11) is 0. The van der Waals surface area contributed by atoms with Gasteiger partial charge in [0.25, 0.3) is 5.56 Å². The van der Waals surface area contributed by atoms with E-state index < -0.39 is 0 Å². The Morgan fingerprint density at radius 3 is 2.83 bits per heavy atom. The van der Waals surface area contributed by atoms with E-state index in [0.29, 0.717) is 29.4 Å². The lowest BCUT2D eigenvalue weighted by molar-refractivity contribution is 0.366. The van der Waals surface area contributed by atoms with Crippen molar-refractivity contribution >= 4 is 17.0 Å². The van der Waals surface area contributed by atoms with Crippen LogP contribution in [0, 0.1) is 0 Å². The molecular weight excluding hydrogens is 306 g/mol. The highest BCUT2D eigenvalue weighted by Crippen LogP contribution is 2.41. The molecule has 0 radical (unpaired) electrons. The summed E-state index contributed by atoms with van der Waals surface area (Å²) >= 11 is 0. The minimum atomic E-state index is -0.248. The molecule has 1 aliphatic carbocycles. The maximum Gasteiger partial charge on any atom is 0.263 e. The number of aromatic amines is 2. The van der Waals surface area contributed by atoms with Crippen LogP contribution in [0.5, 0.6) is 0 Å². The van der Waals surface area contributed by atoms with E-state index in [4.69, 9.17) is 0 Å². The summed E-state index contributed by atoms with van der Waals surface area (Å²) in [5.41, 5.74) is 2.45. The molecule has 24 heavy (non-hydrogen) atoms. The number of aromatic nitrogens is 6. The van der Waals surface area contributed by atoms with Gasteiger partial charge in [0.05, 0.1) is 30.2 Å². The number of H-pyrrole nitrogens is 2. The predicted octanol–water partition coefficient (Wildman–Crippen LogP) is 2.09. The highest BCUT2D eigenvalue weighted by molar-refractivity contribution is 5.74. The highest BCUT2D eigenvalue weighted by atomic mass is 16.1. The molecule has 1 aliphatic rings. The number of rotatable bonds is 4. The average Bonchev–Trinajstić information content (AvgIpc) is 3.08. The molecule has 8 nitrogen and oxygen atoms in total. The van der Waals surface area contributed by atoms with Crippen LogP contribution in [0.15, 0.2) is 17.2 Å². The minimum absolute atomic E-state index is 0.190. The Kier molecular flexibility index (Phi) is 3.22. The third kappa shape index (κ3) is 2.57. The molecular formula is C16H21N7O. The molecule has 3 N–H and O–H groups in total. The van der Waals surface area contributed by atoms with Crippen molar-refractivity contribution in [2.24, 2.45) is 0 Å². The van der Waals surface area contributed by atoms with Crippen LogP contribution in [-0.4, -0.2) is 29.9 Å². The van der Waals surface area contributed by atoms with Gasteiger partial charge in [-0.3, -0.25) is 14.9 Å². The Morgan fingerprint density at radius 1 is 1.33 bits per heavy atom. The van der Waals surface area contributed by atoms with Gasteiger partial charge in [0.1, 0.15) is 5.39 Å². The van der Waals surface area contributed by atoms with Crippen LogP contribution in [0.3, 0.4) is 0 Å². The summed E-state index contributed by atoms with van der Waals surface area (Å²) in [5.74, 6) is 1.06.